The van der Waals surface area contributed by atoms with Crippen LogP contribution in [0.1, 0.15) is 24.8 Å². The molecule has 0 saturated heterocycles. The fraction of sp³-hybridized carbons (Fsp3) is 0.222. The maximum absolute atomic E-state index is 12.6. The number of amides is 1. The minimum absolute atomic E-state index is 0.0639. The van der Waals surface area contributed by atoms with E-state index in [4.69, 9.17) is 0 Å². The van der Waals surface area contributed by atoms with Crippen LogP contribution in [0.5, 0.6) is 0 Å². The van der Waals surface area contributed by atoms with Gasteiger partial charge in [-0.05, 0) is 36.2 Å². The van der Waals surface area contributed by atoms with Crippen molar-refractivity contribution in [1.82, 2.24) is 4.72 Å². The standard InChI is InChI=1S/C18H18N2O5S/c1-12(21)19-14-7-9-15(10-8-14)26(24,25)20-18(17(22)23)11-16(18)13-5-3-2-4-6-13/h2-10,16,20H,11H2,1H3,(H,19,21)(H,22,23). The Bertz CT molecular complexity index is 941. The number of rotatable bonds is 6. The summed E-state index contributed by atoms with van der Waals surface area (Å²) in [4.78, 5) is 22.7. The van der Waals surface area contributed by atoms with Crippen molar-refractivity contribution in [2.75, 3.05) is 5.32 Å². The van der Waals surface area contributed by atoms with Gasteiger partial charge >= 0.3 is 5.97 Å². The topological polar surface area (TPSA) is 113 Å². The third-order valence-corrected chi connectivity index (χ3v) is 5.87. The molecule has 8 heteroatoms. The largest absolute Gasteiger partial charge is 0.480 e. The number of anilines is 1. The molecule has 7 nitrogen and oxygen atoms in total. The first-order valence-corrected chi connectivity index (χ1v) is 9.43. The first kappa shape index (κ1) is 18.1. The Hall–Kier alpha value is -2.71. The molecule has 0 radical (unpaired) electrons. The third kappa shape index (κ3) is 3.47. The van der Waals surface area contributed by atoms with Crippen LogP contribution in [0.15, 0.2) is 59.5 Å². The number of nitrogens with one attached hydrogen (secondary N) is 2. The predicted octanol–water partition coefficient (Wildman–Crippen LogP) is 1.93. The highest BCUT2D eigenvalue weighted by atomic mass is 32.2. The van der Waals surface area contributed by atoms with E-state index >= 15 is 0 Å². The van der Waals surface area contributed by atoms with E-state index in [2.05, 4.69) is 10.0 Å². The van der Waals surface area contributed by atoms with Gasteiger partial charge in [0, 0.05) is 18.5 Å². The van der Waals surface area contributed by atoms with Crippen LogP contribution < -0.4 is 10.0 Å². The van der Waals surface area contributed by atoms with Crippen molar-refractivity contribution >= 4 is 27.6 Å². The smallest absolute Gasteiger partial charge is 0.325 e. The maximum atomic E-state index is 12.6. The molecule has 1 aliphatic carbocycles. The summed E-state index contributed by atoms with van der Waals surface area (Å²) in [5.74, 6) is -1.90. The molecular weight excluding hydrogens is 356 g/mol. The molecule has 2 unspecified atom stereocenters. The molecule has 2 aromatic rings. The predicted molar refractivity (Wildman–Crippen MR) is 95.2 cm³/mol. The van der Waals surface area contributed by atoms with E-state index in [1.807, 2.05) is 6.07 Å². The number of carbonyl (C=O) groups excluding carboxylic acids is 1. The van der Waals surface area contributed by atoms with Crippen molar-refractivity contribution < 1.29 is 23.1 Å². The second-order valence-corrected chi connectivity index (χ2v) is 7.94. The maximum Gasteiger partial charge on any atom is 0.325 e. The Kier molecular flexibility index (Phi) is 4.55. The van der Waals surface area contributed by atoms with Crippen LogP contribution >= 0.6 is 0 Å². The quantitative estimate of drug-likeness (QED) is 0.715. The Balaban J connectivity index is 1.83. The number of carboxylic acids is 1. The monoisotopic (exact) mass is 374 g/mol. The Morgan fingerprint density at radius 2 is 1.69 bits per heavy atom. The number of carboxylic acid groups (broad SMARTS) is 1. The molecule has 3 N–H and O–H groups in total. The van der Waals surface area contributed by atoms with Gasteiger partial charge in [-0.15, -0.1) is 0 Å². The molecule has 1 amide bonds. The average Bonchev–Trinajstić information content (AvgIpc) is 3.30. The lowest BCUT2D eigenvalue weighted by atomic mass is 10.1. The molecule has 26 heavy (non-hydrogen) atoms. The van der Waals surface area contributed by atoms with Gasteiger partial charge in [0.2, 0.25) is 15.9 Å². The molecule has 3 rings (SSSR count). The van der Waals surface area contributed by atoms with Crippen molar-refractivity contribution in [1.29, 1.82) is 0 Å². The van der Waals surface area contributed by atoms with Crippen molar-refractivity contribution in [3.8, 4) is 0 Å². The Morgan fingerprint density at radius 3 is 2.23 bits per heavy atom. The van der Waals surface area contributed by atoms with Gasteiger partial charge < -0.3 is 10.4 Å². The molecule has 1 aliphatic rings. The molecule has 136 valence electrons. The minimum Gasteiger partial charge on any atom is -0.480 e. The van der Waals surface area contributed by atoms with Crippen molar-refractivity contribution in [2.45, 2.75) is 29.7 Å². The third-order valence-electron chi connectivity index (χ3n) is 4.35. The van der Waals surface area contributed by atoms with Gasteiger partial charge in [0.05, 0.1) is 4.90 Å². The van der Waals surface area contributed by atoms with Gasteiger partial charge in [-0.25, -0.2) is 8.42 Å². The molecule has 0 aliphatic heterocycles. The lowest BCUT2D eigenvalue weighted by molar-refractivity contribution is -0.140. The van der Waals surface area contributed by atoms with E-state index < -0.39 is 27.4 Å². The zero-order chi connectivity index (χ0) is 18.9. The molecule has 0 bridgehead atoms. The van der Waals surface area contributed by atoms with Crippen LogP contribution in [0.3, 0.4) is 0 Å². The van der Waals surface area contributed by atoms with Gasteiger partial charge in [-0.2, -0.15) is 4.72 Å². The molecule has 2 atom stereocenters. The minimum atomic E-state index is -4.03. The number of sulfonamides is 1. The van der Waals surface area contributed by atoms with E-state index in [0.717, 1.165) is 5.56 Å². The summed E-state index contributed by atoms with van der Waals surface area (Å²) >= 11 is 0. The van der Waals surface area contributed by atoms with Gasteiger partial charge in [0.15, 0.2) is 0 Å². The fourth-order valence-corrected chi connectivity index (χ4v) is 4.37. The molecule has 0 aromatic heterocycles. The van der Waals surface area contributed by atoms with Gasteiger partial charge in [-0.3, -0.25) is 9.59 Å². The van der Waals surface area contributed by atoms with Crippen molar-refractivity contribution in [3.63, 3.8) is 0 Å². The van der Waals surface area contributed by atoms with Crippen LogP contribution in [0.25, 0.3) is 0 Å². The highest BCUT2D eigenvalue weighted by Gasteiger charge is 2.63. The second-order valence-electron chi connectivity index (χ2n) is 6.25. The van der Waals surface area contributed by atoms with Crippen LogP contribution in [0, 0.1) is 0 Å². The molecule has 1 saturated carbocycles. The normalized spacial score (nSPS) is 21.8. The van der Waals surface area contributed by atoms with Crippen LogP contribution in [-0.4, -0.2) is 30.9 Å². The van der Waals surface area contributed by atoms with Gasteiger partial charge in [0.25, 0.3) is 0 Å². The van der Waals surface area contributed by atoms with Crippen molar-refractivity contribution in [2.24, 2.45) is 0 Å². The van der Waals surface area contributed by atoms with Crippen molar-refractivity contribution in [3.05, 3.63) is 60.2 Å². The van der Waals surface area contributed by atoms with E-state index in [1.165, 1.54) is 31.2 Å². The fourth-order valence-electron chi connectivity index (χ4n) is 2.96. The summed E-state index contributed by atoms with van der Waals surface area (Å²) in [6, 6.07) is 14.5. The molecule has 1 fully saturated rings. The van der Waals surface area contributed by atoms with E-state index in [9.17, 15) is 23.1 Å². The van der Waals surface area contributed by atoms with E-state index in [-0.39, 0.29) is 17.2 Å². The van der Waals surface area contributed by atoms with Crippen LogP contribution in [-0.2, 0) is 19.6 Å². The number of hydrogen-bond acceptors (Lipinski definition) is 4. The summed E-state index contributed by atoms with van der Waals surface area (Å²) in [6.07, 6.45) is 0.190. The zero-order valence-electron chi connectivity index (χ0n) is 14.0. The summed E-state index contributed by atoms with van der Waals surface area (Å²) in [6.45, 7) is 1.35. The van der Waals surface area contributed by atoms with E-state index in [0.29, 0.717) is 5.69 Å². The molecule has 0 spiro atoms. The summed E-state index contributed by atoms with van der Waals surface area (Å²) in [7, 11) is -4.03. The number of carbonyl (C=O) groups is 2. The number of aliphatic carboxylic acids is 1. The van der Waals surface area contributed by atoms with Gasteiger partial charge in [0.1, 0.15) is 5.54 Å². The first-order valence-electron chi connectivity index (χ1n) is 7.94. The second kappa shape index (κ2) is 6.54. The number of hydrogen-bond donors (Lipinski definition) is 3. The highest BCUT2D eigenvalue weighted by molar-refractivity contribution is 7.89. The average molecular weight is 374 g/mol. The number of benzene rings is 2. The SMILES string of the molecule is CC(=O)Nc1ccc(S(=O)(=O)NC2(C(=O)O)CC2c2ccccc2)cc1. The molecule has 2 aromatic carbocycles. The Morgan fingerprint density at radius 1 is 1.08 bits per heavy atom. The first-order chi connectivity index (χ1) is 12.2. The molecule has 0 heterocycles. The molecular formula is C18H18N2O5S. The van der Waals surface area contributed by atoms with Gasteiger partial charge in [-0.1, -0.05) is 30.3 Å². The summed E-state index contributed by atoms with van der Waals surface area (Å²) in [5.41, 5.74) is -0.312. The summed E-state index contributed by atoms with van der Waals surface area (Å²) in [5, 5.41) is 12.2. The van der Waals surface area contributed by atoms with Crippen LogP contribution in [0.4, 0.5) is 5.69 Å². The van der Waals surface area contributed by atoms with Crippen LogP contribution in [0.2, 0.25) is 0 Å². The van der Waals surface area contributed by atoms with E-state index in [1.54, 1.807) is 24.3 Å². The highest BCUT2D eigenvalue weighted by Crippen LogP contribution is 2.52. The lowest BCUT2D eigenvalue weighted by Gasteiger charge is -2.16. The Labute approximate surface area is 151 Å². The summed E-state index contributed by atoms with van der Waals surface area (Å²) < 4.78 is 27.6. The zero-order valence-corrected chi connectivity index (χ0v) is 14.8. The lowest BCUT2D eigenvalue weighted by Crippen LogP contribution is -2.44.